The van der Waals surface area contributed by atoms with E-state index < -0.39 is 0 Å². The number of rotatable bonds is 3. The van der Waals surface area contributed by atoms with Crippen molar-refractivity contribution in [2.75, 3.05) is 5.43 Å². The van der Waals surface area contributed by atoms with Gasteiger partial charge in [0.25, 0.3) is 0 Å². The quantitative estimate of drug-likeness (QED) is 0.498. The molecule has 0 fully saturated rings. The van der Waals surface area contributed by atoms with Crippen LogP contribution in [0.15, 0.2) is 58.1 Å². The molecule has 0 saturated heterocycles. The predicted molar refractivity (Wildman–Crippen MR) is 91.9 cm³/mol. The molecule has 0 spiro atoms. The molecule has 1 heterocycles. The van der Waals surface area contributed by atoms with Crippen molar-refractivity contribution in [3.63, 3.8) is 0 Å². The van der Waals surface area contributed by atoms with Crippen molar-refractivity contribution in [2.24, 2.45) is 5.10 Å². The monoisotopic (exact) mass is 344 g/mol. The number of thiophene rings is 1. The molecule has 2 nitrogen and oxygen atoms in total. The maximum Gasteiger partial charge on any atom is 0.0645 e. The van der Waals surface area contributed by atoms with Crippen molar-refractivity contribution in [1.82, 2.24) is 0 Å². The standard InChI is InChI=1S/C16H13BrN2S/c1-11-15(17)8-7-12-9-14(20-16(11)12)10-18-19-13-5-3-2-4-6-13/h2-10,19H,1H3/b18-10+. The lowest BCUT2D eigenvalue weighted by molar-refractivity contribution is 1.35. The van der Waals surface area contributed by atoms with E-state index in [-0.39, 0.29) is 0 Å². The molecule has 0 saturated carbocycles. The van der Waals surface area contributed by atoms with Gasteiger partial charge in [-0.05, 0) is 42.1 Å². The van der Waals surface area contributed by atoms with Crippen LogP contribution in [0.2, 0.25) is 0 Å². The molecule has 20 heavy (non-hydrogen) atoms. The first kappa shape index (κ1) is 13.3. The Labute approximate surface area is 130 Å². The van der Waals surface area contributed by atoms with Gasteiger partial charge in [-0.15, -0.1) is 11.3 Å². The highest BCUT2D eigenvalue weighted by Crippen LogP contribution is 2.31. The zero-order valence-corrected chi connectivity index (χ0v) is 13.3. The van der Waals surface area contributed by atoms with Gasteiger partial charge >= 0.3 is 0 Å². The Balaban J connectivity index is 1.83. The maximum atomic E-state index is 4.28. The highest BCUT2D eigenvalue weighted by molar-refractivity contribution is 9.10. The number of nitrogens with zero attached hydrogens (tertiary/aromatic N) is 1. The van der Waals surface area contributed by atoms with Crippen molar-refractivity contribution in [3.05, 3.63) is 63.4 Å². The zero-order valence-electron chi connectivity index (χ0n) is 10.9. The van der Waals surface area contributed by atoms with Crippen LogP contribution in [-0.4, -0.2) is 6.21 Å². The summed E-state index contributed by atoms with van der Waals surface area (Å²) in [7, 11) is 0. The number of aryl methyl sites for hydroxylation is 1. The summed E-state index contributed by atoms with van der Waals surface area (Å²) in [5.41, 5.74) is 5.30. The molecule has 2 aromatic carbocycles. The molecule has 0 atom stereocenters. The van der Waals surface area contributed by atoms with Crippen molar-refractivity contribution < 1.29 is 0 Å². The van der Waals surface area contributed by atoms with E-state index in [9.17, 15) is 0 Å². The Hall–Kier alpha value is -1.65. The third kappa shape index (κ3) is 2.76. The van der Waals surface area contributed by atoms with Crippen LogP contribution in [0.4, 0.5) is 5.69 Å². The minimum absolute atomic E-state index is 0.990. The Morgan fingerprint density at radius 2 is 1.95 bits per heavy atom. The van der Waals surface area contributed by atoms with E-state index in [4.69, 9.17) is 0 Å². The van der Waals surface area contributed by atoms with E-state index in [0.717, 1.165) is 15.0 Å². The largest absolute Gasteiger partial charge is 0.278 e. The second-order valence-corrected chi connectivity index (χ2v) is 6.41. The van der Waals surface area contributed by atoms with Gasteiger partial charge < -0.3 is 0 Å². The molecule has 1 aromatic heterocycles. The third-order valence-corrected chi connectivity index (χ3v) is 5.11. The SMILES string of the molecule is Cc1c(Br)ccc2cc(/C=N/Nc3ccccc3)sc12. The van der Waals surface area contributed by atoms with Crippen molar-refractivity contribution in [3.8, 4) is 0 Å². The molecule has 0 bridgehead atoms. The number of hydrogen-bond donors (Lipinski definition) is 1. The van der Waals surface area contributed by atoms with Crippen molar-refractivity contribution >= 4 is 49.3 Å². The van der Waals surface area contributed by atoms with Gasteiger partial charge in [-0.3, -0.25) is 5.43 Å². The zero-order chi connectivity index (χ0) is 13.9. The molecule has 0 aliphatic heterocycles. The Morgan fingerprint density at radius 3 is 2.75 bits per heavy atom. The average molecular weight is 345 g/mol. The average Bonchev–Trinajstić information content (AvgIpc) is 2.88. The van der Waals surface area contributed by atoms with Crippen LogP contribution in [0.3, 0.4) is 0 Å². The van der Waals surface area contributed by atoms with Gasteiger partial charge in [-0.1, -0.05) is 40.2 Å². The topological polar surface area (TPSA) is 24.4 Å². The Kier molecular flexibility index (Phi) is 3.85. The number of anilines is 1. The van der Waals surface area contributed by atoms with Crippen LogP contribution in [0.5, 0.6) is 0 Å². The minimum atomic E-state index is 0.990. The lowest BCUT2D eigenvalue weighted by Crippen LogP contribution is -1.87. The summed E-state index contributed by atoms with van der Waals surface area (Å²) in [6.07, 6.45) is 1.87. The molecule has 4 heteroatoms. The summed E-state index contributed by atoms with van der Waals surface area (Å²) in [6.45, 7) is 2.13. The molecule has 0 unspecified atom stereocenters. The van der Waals surface area contributed by atoms with E-state index in [2.05, 4.69) is 51.6 Å². The fraction of sp³-hybridized carbons (Fsp3) is 0.0625. The normalized spacial score (nSPS) is 11.3. The fourth-order valence-corrected chi connectivity index (χ4v) is 3.48. The number of nitrogens with one attached hydrogen (secondary N) is 1. The van der Waals surface area contributed by atoms with Gasteiger partial charge in [0.2, 0.25) is 0 Å². The lowest BCUT2D eigenvalue weighted by Gasteiger charge is -1.97. The second kappa shape index (κ2) is 5.77. The molecule has 0 aliphatic rings. The molecular formula is C16H13BrN2S. The first-order valence-corrected chi connectivity index (χ1v) is 7.88. The van der Waals surface area contributed by atoms with E-state index in [0.29, 0.717) is 0 Å². The van der Waals surface area contributed by atoms with Gasteiger partial charge in [0.1, 0.15) is 0 Å². The van der Waals surface area contributed by atoms with Gasteiger partial charge in [0.05, 0.1) is 11.9 Å². The van der Waals surface area contributed by atoms with Crippen molar-refractivity contribution in [2.45, 2.75) is 6.92 Å². The molecule has 100 valence electrons. The molecule has 0 aliphatic carbocycles. The first-order valence-electron chi connectivity index (χ1n) is 6.27. The second-order valence-electron chi connectivity index (χ2n) is 4.48. The van der Waals surface area contributed by atoms with Gasteiger partial charge in [0, 0.05) is 14.0 Å². The Bertz CT molecular complexity index is 763. The molecule has 0 radical (unpaired) electrons. The number of para-hydroxylation sites is 1. The Morgan fingerprint density at radius 1 is 1.15 bits per heavy atom. The fourth-order valence-electron chi connectivity index (χ4n) is 1.99. The van der Waals surface area contributed by atoms with E-state index >= 15 is 0 Å². The molecule has 0 amide bonds. The number of hydrazone groups is 1. The van der Waals surface area contributed by atoms with Gasteiger partial charge in [-0.2, -0.15) is 5.10 Å². The number of fused-ring (bicyclic) bond motifs is 1. The summed E-state index contributed by atoms with van der Waals surface area (Å²) in [4.78, 5) is 1.14. The molecule has 1 N–H and O–H groups in total. The van der Waals surface area contributed by atoms with E-state index in [1.54, 1.807) is 11.3 Å². The van der Waals surface area contributed by atoms with Crippen LogP contribution in [0.25, 0.3) is 10.1 Å². The molecular weight excluding hydrogens is 332 g/mol. The summed E-state index contributed by atoms with van der Waals surface area (Å²) >= 11 is 5.32. The summed E-state index contributed by atoms with van der Waals surface area (Å²) in [6, 6.07) is 16.3. The van der Waals surface area contributed by atoms with Gasteiger partial charge in [-0.25, -0.2) is 0 Å². The first-order chi connectivity index (χ1) is 9.74. The van der Waals surface area contributed by atoms with E-state index in [1.165, 1.54) is 15.6 Å². The number of hydrogen-bond acceptors (Lipinski definition) is 3. The summed E-state index contributed by atoms with van der Waals surface area (Å²) in [5.74, 6) is 0. The van der Waals surface area contributed by atoms with Crippen LogP contribution < -0.4 is 5.43 Å². The van der Waals surface area contributed by atoms with E-state index in [1.807, 2.05) is 36.5 Å². The predicted octanol–water partition coefficient (Wildman–Crippen LogP) is 5.42. The highest BCUT2D eigenvalue weighted by atomic mass is 79.9. The minimum Gasteiger partial charge on any atom is -0.278 e. The highest BCUT2D eigenvalue weighted by Gasteiger charge is 2.05. The molecule has 3 rings (SSSR count). The van der Waals surface area contributed by atoms with Crippen molar-refractivity contribution in [1.29, 1.82) is 0 Å². The number of benzene rings is 2. The molecule has 3 aromatic rings. The van der Waals surface area contributed by atoms with Crippen LogP contribution in [-0.2, 0) is 0 Å². The van der Waals surface area contributed by atoms with Crippen LogP contribution in [0, 0.1) is 6.92 Å². The smallest absolute Gasteiger partial charge is 0.0645 e. The maximum absolute atomic E-state index is 4.28. The third-order valence-electron chi connectivity index (χ3n) is 3.05. The van der Waals surface area contributed by atoms with Crippen LogP contribution >= 0.6 is 27.3 Å². The van der Waals surface area contributed by atoms with Gasteiger partial charge in [0.15, 0.2) is 0 Å². The van der Waals surface area contributed by atoms with Crippen LogP contribution in [0.1, 0.15) is 10.4 Å². The number of halogens is 1. The lowest BCUT2D eigenvalue weighted by atomic mass is 10.2. The summed E-state index contributed by atoms with van der Waals surface area (Å²) < 4.78 is 2.46. The summed E-state index contributed by atoms with van der Waals surface area (Å²) in [5, 5.41) is 5.54.